The summed E-state index contributed by atoms with van der Waals surface area (Å²) in [5, 5.41) is 3.38. The molecule has 2 rings (SSSR count). The number of urea groups is 1. The summed E-state index contributed by atoms with van der Waals surface area (Å²) in [4.78, 5) is 13.9. The minimum Gasteiger partial charge on any atom is -0.383 e. The minimum atomic E-state index is 0.0244. The van der Waals surface area contributed by atoms with Crippen LogP contribution >= 0.6 is 11.8 Å². The van der Waals surface area contributed by atoms with Gasteiger partial charge in [0.1, 0.15) is 0 Å². The van der Waals surface area contributed by atoms with Crippen LogP contribution in [0.3, 0.4) is 0 Å². The van der Waals surface area contributed by atoms with E-state index in [1.54, 1.807) is 7.11 Å². The van der Waals surface area contributed by atoms with Crippen molar-refractivity contribution in [2.24, 2.45) is 0 Å². The normalized spacial score (nSPS) is 19.4. The third-order valence-corrected chi connectivity index (χ3v) is 4.71. The van der Waals surface area contributed by atoms with E-state index in [-0.39, 0.29) is 6.03 Å². The molecule has 0 spiro atoms. The van der Waals surface area contributed by atoms with Gasteiger partial charge in [-0.25, -0.2) is 4.79 Å². The number of nitrogens with zero attached hydrogens (tertiary/aromatic N) is 1. The van der Waals surface area contributed by atoms with E-state index in [0.717, 1.165) is 25.3 Å². The zero-order valence-corrected chi connectivity index (χ0v) is 12.7. The zero-order valence-electron chi connectivity index (χ0n) is 11.9. The highest BCUT2D eigenvalue weighted by Gasteiger charge is 2.21. The van der Waals surface area contributed by atoms with Crippen LogP contribution in [-0.2, 0) is 4.74 Å². The lowest BCUT2D eigenvalue weighted by molar-refractivity contribution is 0.181. The predicted molar refractivity (Wildman–Crippen MR) is 83.1 cm³/mol. The Morgan fingerprint density at radius 2 is 2.20 bits per heavy atom. The summed E-state index contributed by atoms with van der Waals surface area (Å²) in [5.74, 6) is 0.983. The Balaban J connectivity index is 1.84. The molecular formula is C15H22N2O2S. The average molecular weight is 294 g/mol. The molecule has 0 aromatic heterocycles. The molecule has 110 valence electrons. The molecule has 5 heteroatoms. The number of carbonyl (C=O) groups is 1. The van der Waals surface area contributed by atoms with Crippen molar-refractivity contribution in [2.45, 2.75) is 11.7 Å². The molecule has 1 unspecified atom stereocenters. The molecule has 1 aromatic rings. The second-order valence-electron chi connectivity index (χ2n) is 4.77. The second kappa shape index (κ2) is 8.17. The number of thioether (sulfide) groups is 1. The third kappa shape index (κ3) is 4.42. The molecule has 1 fully saturated rings. The van der Waals surface area contributed by atoms with Gasteiger partial charge >= 0.3 is 6.03 Å². The summed E-state index contributed by atoms with van der Waals surface area (Å²) in [6.45, 7) is 2.75. The number of nitrogens with one attached hydrogen (secondary N) is 1. The van der Waals surface area contributed by atoms with E-state index in [1.807, 2.05) is 22.7 Å². The molecule has 1 heterocycles. The topological polar surface area (TPSA) is 41.6 Å². The monoisotopic (exact) mass is 294 g/mol. The van der Waals surface area contributed by atoms with Crippen LogP contribution in [0.2, 0.25) is 0 Å². The van der Waals surface area contributed by atoms with Crippen molar-refractivity contribution in [2.75, 3.05) is 39.1 Å². The highest BCUT2D eigenvalue weighted by atomic mass is 32.2. The van der Waals surface area contributed by atoms with Crippen molar-refractivity contribution >= 4 is 17.8 Å². The fourth-order valence-electron chi connectivity index (χ4n) is 2.28. The summed E-state index contributed by atoms with van der Waals surface area (Å²) in [6.07, 6.45) is 1.01. The van der Waals surface area contributed by atoms with Gasteiger partial charge in [0, 0.05) is 37.7 Å². The van der Waals surface area contributed by atoms with Crippen LogP contribution in [-0.4, -0.2) is 50.0 Å². The lowest BCUT2D eigenvalue weighted by Crippen LogP contribution is -2.42. The summed E-state index contributed by atoms with van der Waals surface area (Å²) in [7, 11) is 1.64. The summed E-state index contributed by atoms with van der Waals surface area (Å²) < 4.78 is 4.94. The second-order valence-corrected chi connectivity index (χ2v) is 6.08. The molecule has 4 nitrogen and oxygen atoms in total. The first-order chi connectivity index (χ1) is 9.81. The average Bonchev–Trinajstić information content (AvgIpc) is 2.74. The van der Waals surface area contributed by atoms with Gasteiger partial charge in [0.05, 0.1) is 6.61 Å². The van der Waals surface area contributed by atoms with Gasteiger partial charge in [-0.3, -0.25) is 0 Å². The SMILES string of the molecule is COCCNC(=O)N1CCSC(c2ccccc2)CC1. The van der Waals surface area contributed by atoms with Crippen LogP contribution < -0.4 is 5.32 Å². The van der Waals surface area contributed by atoms with Crippen LogP contribution in [0, 0.1) is 0 Å². The molecule has 1 atom stereocenters. The van der Waals surface area contributed by atoms with Gasteiger partial charge < -0.3 is 15.0 Å². The van der Waals surface area contributed by atoms with E-state index in [1.165, 1.54) is 5.56 Å². The van der Waals surface area contributed by atoms with E-state index < -0.39 is 0 Å². The van der Waals surface area contributed by atoms with E-state index in [0.29, 0.717) is 18.4 Å². The first-order valence-electron chi connectivity index (χ1n) is 6.99. The van der Waals surface area contributed by atoms with Gasteiger partial charge in [-0.15, -0.1) is 0 Å². The maximum Gasteiger partial charge on any atom is 0.317 e. The van der Waals surface area contributed by atoms with Crippen molar-refractivity contribution in [3.8, 4) is 0 Å². The summed E-state index contributed by atoms with van der Waals surface area (Å²) in [5.41, 5.74) is 1.36. The fourth-order valence-corrected chi connectivity index (χ4v) is 3.51. The summed E-state index contributed by atoms with van der Waals surface area (Å²) >= 11 is 1.94. The number of hydrogen-bond acceptors (Lipinski definition) is 3. The van der Waals surface area contributed by atoms with Crippen molar-refractivity contribution in [1.82, 2.24) is 10.2 Å². The molecule has 1 aliphatic rings. The Morgan fingerprint density at radius 1 is 1.40 bits per heavy atom. The van der Waals surface area contributed by atoms with E-state index >= 15 is 0 Å². The number of rotatable bonds is 4. The number of benzene rings is 1. The van der Waals surface area contributed by atoms with Crippen molar-refractivity contribution in [3.05, 3.63) is 35.9 Å². The Morgan fingerprint density at radius 3 is 2.95 bits per heavy atom. The van der Waals surface area contributed by atoms with Gasteiger partial charge in [0.15, 0.2) is 0 Å². The van der Waals surface area contributed by atoms with Crippen molar-refractivity contribution in [1.29, 1.82) is 0 Å². The van der Waals surface area contributed by atoms with Crippen LogP contribution in [0.4, 0.5) is 4.79 Å². The smallest absolute Gasteiger partial charge is 0.317 e. The zero-order chi connectivity index (χ0) is 14.2. The molecule has 0 bridgehead atoms. The molecule has 0 saturated carbocycles. The Hall–Kier alpha value is -1.20. The molecule has 0 aliphatic carbocycles. The lowest BCUT2D eigenvalue weighted by Gasteiger charge is -2.20. The van der Waals surface area contributed by atoms with Crippen LogP contribution in [0.5, 0.6) is 0 Å². The quantitative estimate of drug-likeness (QED) is 0.868. The van der Waals surface area contributed by atoms with Crippen LogP contribution in [0.1, 0.15) is 17.2 Å². The fraction of sp³-hybridized carbons (Fsp3) is 0.533. The van der Waals surface area contributed by atoms with Crippen molar-refractivity contribution in [3.63, 3.8) is 0 Å². The minimum absolute atomic E-state index is 0.0244. The molecular weight excluding hydrogens is 272 g/mol. The summed E-state index contributed by atoms with van der Waals surface area (Å²) in [6, 6.07) is 10.6. The first kappa shape index (κ1) is 15.2. The third-order valence-electron chi connectivity index (χ3n) is 3.38. The molecule has 1 aromatic carbocycles. The molecule has 2 amide bonds. The van der Waals surface area contributed by atoms with Crippen LogP contribution in [0.25, 0.3) is 0 Å². The van der Waals surface area contributed by atoms with Gasteiger partial charge in [-0.1, -0.05) is 30.3 Å². The van der Waals surface area contributed by atoms with Crippen molar-refractivity contribution < 1.29 is 9.53 Å². The van der Waals surface area contributed by atoms with Gasteiger partial charge in [0.2, 0.25) is 0 Å². The Bertz CT molecular complexity index is 414. The number of amides is 2. The maximum absolute atomic E-state index is 12.0. The van der Waals surface area contributed by atoms with Gasteiger partial charge in [-0.05, 0) is 12.0 Å². The number of carbonyl (C=O) groups excluding carboxylic acids is 1. The van der Waals surface area contributed by atoms with E-state index in [2.05, 4.69) is 29.6 Å². The number of hydrogen-bond donors (Lipinski definition) is 1. The number of methoxy groups -OCH3 is 1. The molecule has 20 heavy (non-hydrogen) atoms. The molecule has 1 saturated heterocycles. The van der Waals surface area contributed by atoms with Gasteiger partial charge in [-0.2, -0.15) is 11.8 Å². The van der Waals surface area contributed by atoms with E-state index in [4.69, 9.17) is 4.74 Å². The Kier molecular flexibility index (Phi) is 6.21. The standard InChI is InChI=1S/C15H22N2O2S/c1-19-11-8-16-15(18)17-9-7-14(20-12-10-17)13-5-3-2-4-6-13/h2-6,14H,7-12H2,1H3,(H,16,18). The van der Waals surface area contributed by atoms with Gasteiger partial charge in [0.25, 0.3) is 0 Å². The maximum atomic E-state index is 12.0. The molecule has 0 radical (unpaired) electrons. The largest absolute Gasteiger partial charge is 0.383 e. The van der Waals surface area contributed by atoms with E-state index in [9.17, 15) is 4.79 Å². The highest BCUT2D eigenvalue weighted by molar-refractivity contribution is 7.99. The molecule has 1 aliphatic heterocycles. The lowest BCUT2D eigenvalue weighted by atomic mass is 10.1. The highest BCUT2D eigenvalue weighted by Crippen LogP contribution is 2.33. The Labute approximate surface area is 124 Å². The molecule has 1 N–H and O–H groups in total. The van der Waals surface area contributed by atoms with Crippen LogP contribution in [0.15, 0.2) is 30.3 Å². The number of ether oxygens (including phenoxy) is 1. The first-order valence-corrected chi connectivity index (χ1v) is 8.04. The predicted octanol–water partition coefficient (Wildman–Crippen LogP) is 2.52.